The number of hydrogen-bond donors (Lipinski definition) is 0. The highest BCUT2D eigenvalue weighted by Gasteiger charge is 2.31. The number of fused-ring (bicyclic) bond motifs is 2. The van der Waals surface area contributed by atoms with Gasteiger partial charge in [-0.15, -0.1) is 0 Å². The van der Waals surface area contributed by atoms with E-state index in [-0.39, 0.29) is 5.91 Å². The van der Waals surface area contributed by atoms with Gasteiger partial charge in [0, 0.05) is 23.0 Å². The van der Waals surface area contributed by atoms with E-state index < -0.39 is 0 Å². The Morgan fingerprint density at radius 3 is 3.19 bits per heavy atom. The predicted octanol–water partition coefficient (Wildman–Crippen LogP) is 2.65. The molecular formula is C11H9ClN2OS. The van der Waals surface area contributed by atoms with E-state index in [1.165, 1.54) is 0 Å². The maximum absolute atomic E-state index is 12.2. The minimum absolute atomic E-state index is 0.0229. The number of rotatable bonds is 0. The van der Waals surface area contributed by atoms with E-state index in [9.17, 15) is 4.79 Å². The summed E-state index contributed by atoms with van der Waals surface area (Å²) < 4.78 is 0. The van der Waals surface area contributed by atoms with Crippen LogP contribution in [0.25, 0.3) is 0 Å². The van der Waals surface area contributed by atoms with Gasteiger partial charge in [-0.1, -0.05) is 23.4 Å². The van der Waals surface area contributed by atoms with Crippen molar-refractivity contribution in [1.82, 2.24) is 4.90 Å². The minimum atomic E-state index is 0.0229. The van der Waals surface area contributed by atoms with Crippen LogP contribution in [-0.4, -0.2) is 29.1 Å². The Balaban J connectivity index is 2.11. The zero-order valence-corrected chi connectivity index (χ0v) is 10.0. The zero-order chi connectivity index (χ0) is 11.1. The summed E-state index contributed by atoms with van der Waals surface area (Å²) in [6.07, 6.45) is 0.936. The molecule has 0 saturated heterocycles. The molecule has 0 fully saturated rings. The van der Waals surface area contributed by atoms with E-state index in [2.05, 4.69) is 4.99 Å². The van der Waals surface area contributed by atoms with E-state index in [1.807, 2.05) is 6.07 Å². The first-order valence-corrected chi connectivity index (χ1v) is 6.29. The average Bonchev–Trinajstić information content (AvgIpc) is 2.31. The molecule has 0 bridgehead atoms. The molecule has 2 aliphatic heterocycles. The highest BCUT2D eigenvalue weighted by atomic mass is 35.5. The molecule has 82 valence electrons. The lowest BCUT2D eigenvalue weighted by molar-refractivity contribution is 0.0839. The van der Waals surface area contributed by atoms with Crippen molar-refractivity contribution < 1.29 is 4.79 Å². The van der Waals surface area contributed by atoms with Crippen molar-refractivity contribution in [3.8, 4) is 0 Å². The van der Waals surface area contributed by atoms with Gasteiger partial charge in [0.1, 0.15) is 0 Å². The van der Waals surface area contributed by atoms with Crippen molar-refractivity contribution in [3.63, 3.8) is 0 Å². The maximum Gasteiger partial charge on any atom is 0.261 e. The van der Waals surface area contributed by atoms with Crippen molar-refractivity contribution in [3.05, 3.63) is 28.8 Å². The summed E-state index contributed by atoms with van der Waals surface area (Å²) in [5, 5.41) is 1.43. The number of amides is 1. The van der Waals surface area contributed by atoms with Gasteiger partial charge in [0.05, 0.1) is 5.56 Å². The van der Waals surface area contributed by atoms with Crippen LogP contribution in [0.3, 0.4) is 0 Å². The van der Waals surface area contributed by atoms with E-state index in [4.69, 9.17) is 11.6 Å². The zero-order valence-electron chi connectivity index (χ0n) is 8.44. The molecule has 5 heteroatoms. The molecule has 1 aromatic rings. The van der Waals surface area contributed by atoms with Crippen LogP contribution < -0.4 is 0 Å². The van der Waals surface area contributed by atoms with Crippen LogP contribution in [0.2, 0.25) is 5.02 Å². The average molecular weight is 253 g/mol. The number of amidine groups is 1. The van der Waals surface area contributed by atoms with E-state index in [0.29, 0.717) is 10.6 Å². The molecule has 0 radical (unpaired) electrons. The van der Waals surface area contributed by atoms with Crippen LogP contribution in [0.15, 0.2) is 28.1 Å². The fraction of sp³-hybridized carbons (Fsp3) is 0.273. The van der Waals surface area contributed by atoms with Crippen molar-refractivity contribution in [1.29, 1.82) is 0 Å². The molecule has 0 aliphatic carbocycles. The SMILES string of the molecule is O=C1c2cc(Cl)ccc2SC2=NCCCN12. The maximum atomic E-state index is 12.2. The van der Waals surface area contributed by atoms with E-state index >= 15 is 0 Å². The standard InChI is InChI=1S/C11H9ClN2OS/c12-7-2-3-9-8(6-7)10(15)14-5-1-4-13-11(14)16-9/h2-3,6H,1,4-5H2. The van der Waals surface area contributed by atoms with Crippen LogP contribution in [0.1, 0.15) is 16.8 Å². The van der Waals surface area contributed by atoms with E-state index in [1.54, 1.807) is 28.8 Å². The second kappa shape index (κ2) is 3.79. The number of benzene rings is 1. The number of nitrogens with zero attached hydrogens (tertiary/aromatic N) is 2. The van der Waals surface area contributed by atoms with Crippen LogP contribution in [0.5, 0.6) is 0 Å². The smallest absolute Gasteiger partial charge is 0.261 e. The molecule has 1 amide bonds. The van der Waals surface area contributed by atoms with Gasteiger partial charge < -0.3 is 0 Å². The number of thioether (sulfide) groups is 1. The van der Waals surface area contributed by atoms with Gasteiger partial charge in [0.15, 0.2) is 5.17 Å². The number of carbonyl (C=O) groups is 1. The Morgan fingerprint density at radius 1 is 1.44 bits per heavy atom. The first kappa shape index (κ1) is 10.2. The molecule has 0 atom stereocenters. The normalized spacial score (nSPS) is 18.9. The van der Waals surface area contributed by atoms with Crippen molar-refractivity contribution >= 4 is 34.4 Å². The van der Waals surface area contributed by atoms with Gasteiger partial charge in [-0.25, -0.2) is 0 Å². The summed E-state index contributed by atoms with van der Waals surface area (Å²) in [6.45, 7) is 1.58. The topological polar surface area (TPSA) is 32.7 Å². The van der Waals surface area contributed by atoms with Crippen LogP contribution >= 0.6 is 23.4 Å². The number of carbonyl (C=O) groups excluding carboxylic acids is 1. The Labute approximate surface area is 102 Å². The molecule has 2 heterocycles. The van der Waals surface area contributed by atoms with Crippen LogP contribution in [0.4, 0.5) is 0 Å². The largest absolute Gasteiger partial charge is 0.287 e. The third-order valence-corrected chi connectivity index (χ3v) is 3.98. The summed E-state index contributed by atoms with van der Waals surface area (Å²) in [6, 6.07) is 5.42. The Hall–Kier alpha value is -1.00. The monoisotopic (exact) mass is 252 g/mol. The van der Waals surface area contributed by atoms with Crippen molar-refractivity contribution in [2.45, 2.75) is 11.3 Å². The Kier molecular flexibility index (Phi) is 2.41. The highest BCUT2D eigenvalue weighted by molar-refractivity contribution is 8.14. The fourth-order valence-corrected chi connectivity index (χ4v) is 3.06. The summed E-state index contributed by atoms with van der Waals surface area (Å²) in [4.78, 5) is 19.2. The molecule has 3 nitrogen and oxygen atoms in total. The molecule has 0 saturated carbocycles. The molecule has 0 spiro atoms. The Bertz CT molecular complexity index is 501. The number of hydrogen-bond acceptors (Lipinski definition) is 3. The van der Waals surface area contributed by atoms with Gasteiger partial charge in [-0.2, -0.15) is 0 Å². The predicted molar refractivity (Wildman–Crippen MR) is 65.3 cm³/mol. The fourth-order valence-electron chi connectivity index (χ4n) is 1.86. The molecule has 0 aromatic heterocycles. The molecule has 0 N–H and O–H groups in total. The second-order valence-electron chi connectivity index (χ2n) is 3.72. The summed E-state index contributed by atoms with van der Waals surface area (Å²) >= 11 is 7.46. The first-order valence-electron chi connectivity index (χ1n) is 5.09. The van der Waals surface area contributed by atoms with Crippen LogP contribution in [-0.2, 0) is 0 Å². The quantitative estimate of drug-likeness (QED) is 0.711. The highest BCUT2D eigenvalue weighted by Crippen LogP contribution is 2.34. The second-order valence-corrected chi connectivity index (χ2v) is 5.16. The lowest BCUT2D eigenvalue weighted by atomic mass is 10.2. The molecule has 2 aliphatic rings. The third-order valence-electron chi connectivity index (χ3n) is 2.64. The lowest BCUT2D eigenvalue weighted by Crippen LogP contribution is -2.41. The Morgan fingerprint density at radius 2 is 2.31 bits per heavy atom. The van der Waals surface area contributed by atoms with E-state index in [0.717, 1.165) is 29.6 Å². The van der Waals surface area contributed by atoms with Gasteiger partial charge in [0.2, 0.25) is 0 Å². The molecule has 16 heavy (non-hydrogen) atoms. The third kappa shape index (κ3) is 1.53. The van der Waals surface area contributed by atoms with Gasteiger partial charge in [-0.05, 0) is 24.6 Å². The summed E-state index contributed by atoms with van der Waals surface area (Å²) in [7, 11) is 0. The molecule has 3 rings (SSSR count). The van der Waals surface area contributed by atoms with Crippen molar-refractivity contribution in [2.24, 2.45) is 4.99 Å². The first-order chi connectivity index (χ1) is 7.75. The molecule has 1 aromatic carbocycles. The lowest BCUT2D eigenvalue weighted by Gasteiger charge is -2.31. The molecule has 0 unspecified atom stereocenters. The summed E-state index contributed by atoms with van der Waals surface area (Å²) in [5.74, 6) is 0.0229. The molecular weight excluding hydrogens is 244 g/mol. The van der Waals surface area contributed by atoms with Gasteiger partial charge >= 0.3 is 0 Å². The number of halogens is 1. The van der Waals surface area contributed by atoms with Crippen LogP contribution in [0, 0.1) is 0 Å². The van der Waals surface area contributed by atoms with Gasteiger partial charge in [0.25, 0.3) is 5.91 Å². The van der Waals surface area contributed by atoms with Crippen molar-refractivity contribution in [2.75, 3.05) is 13.1 Å². The number of aliphatic imine (C=N–C) groups is 1. The minimum Gasteiger partial charge on any atom is -0.287 e. The van der Waals surface area contributed by atoms with Gasteiger partial charge in [-0.3, -0.25) is 14.7 Å². The summed E-state index contributed by atoms with van der Waals surface area (Å²) in [5.41, 5.74) is 0.693.